The van der Waals surface area contributed by atoms with Crippen molar-refractivity contribution in [3.8, 4) is 5.88 Å². The highest BCUT2D eigenvalue weighted by molar-refractivity contribution is 7.15. The number of nitrogens with one attached hydrogen (secondary N) is 1. The van der Waals surface area contributed by atoms with E-state index >= 15 is 0 Å². The van der Waals surface area contributed by atoms with E-state index in [9.17, 15) is 0 Å². The fourth-order valence-corrected chi connectivity index (χ4v) is 2.97. The number of ether oxygens (including phenoxy) is 2. The average Bonchev–Trinajstić information content (AvgIpc) is 2.81. The van der Waals surface area contributed by atoms with Gasteiger partial charge in [-0.3, -0.25) is 0 Å². The summed E-state index contributed by atoms with van der Waals surface area (Å²) in [6.07, 6.45) is 2.10. The average molecular weight is 285 g/mol. The summed E-state index contributed by atoms with van der Waals surface area (Å²) in [4.78, 5) is 7.63. The fraction of sp³-hybridized carbons (Fsp3) is 0.769. The van der Waals surface area contributed by atoms with E-state index in [4.69, 9.17) is 9.47 Å². The third-order valence-corrected chi connectivity index (χ3v) is 4.70. The Morgan fingerprint density at radius 1 is 1.42 bits per heavy atom. The minimum atomic E-state index is 0.158. The Kier molecular flexibility index (Phi) is 4.65. The first-order chi connectivity index (χ1) is 9.04. The molecule has 19 heavy (non-hydrogen) atoms. The van der Waals surface area contributed by atoms with Crippen molar-refractivity contribution in [2.24, 2.45) is 0 Å². The van der Waals surface area contributed by atoms with Gasteiger partial charge in [-0.15, -0.1) is 0 Å². The van der Waals surface area contributed by atoms with Gasteiger partial charge in [0.2, 0.25) is 5.88 Å². The van der Waals surface area contributed by atoms with Crippen LogP contribution < -0.4 is 15.0 Å². The summed E-state index contributed by atoms with van der Waals surface area (Å²) < 4.78 is 10.8. The lowest BCUT2D eigenvalue weighted by Gasteiger charge is -2.34. The van der Waals surface area contributed by atoms with Crippen LogP contribution in [0.2, 0.25) is 0 Å². The van der Waals surface area contributed by atoms with E-state index in [1.807, 2.05) is 19.0 Å². The topological polar surface area (TPSA) is 46.6 Å². The largest absolute Gasteiger partial charge is 0.480 e. The van der Waals surface area contributed by atoms with Crippen molar-refractivity contribution in [1.29, 1.82) is 0 Å². The molecule has 2 rings (SSSR count). The van der Waals surface area contributed by atoms with Gasteiger partial charge in [0, 0.05) is 39.4 Å². The van der Waals surface area contributed by atoms with Crippen LogP contribution in [0.5, 0.6) is 5.88 Å². The molecule has 0 atom stereocenters. The lowest BCUT2D eigenvalue weighted by molar-refractivity contribution is 0.0446. The fourth-order valence-electron chi connectivity index (χ4n) is 2.08. The van der Waals surface area contributed by atoms with Gasteiger partial charge in [-0.05, 0) is 19.8 Å². The zero-order valence-corrected chi connectivity index (χ0v) is 13.0. The van der Waals surface area contributed by atoms with Gasteiger partial charge in [0.05, 0.1) is 12.0 Å². The summed E-state index contributed by atoms with van der Waals surface area (Å²) >= 11 is 1.68. The molecule has 2 heterocycles. The third-order valence-electron chi connectivity index (χ3n) is 3.50. The highest BCUT2D eigenvalue weighted by Crippen LogP contribution is 2.31. The van der Waals surface area contributed by atoms with Crippen molar-refractivity contribution < 1.29 is 9.47 Å². The van der Waals surface area contributed by atoms with Crippen molar-refractivity contribution >= 4 is 16.5 Å². The SMILES string of the molecule is COc1nc(N(C)C)sc1CNC1(C)CCOCC1. The first-order valence-corrected chi connectivity index (χ1v) is 7.39. The number of anilines is 1. The Morgan fingerprint density at radius 3 is 2.68 bits per heavy atom. The first kappa shape index (κ1) is 14.6. The molecule has 108 valence electrons. The molecule has 0 amide bonds. The van der Waals surface area contributed by atoms with Crippen LogP contribution in [0.15, 0.2) is 0 Å². The van der Waals surface area contributed by atoms with Gasteiger partial charge < -0.3 is 19.7 Å². The molecule has 0 radical (unpaired) electrons. The highest BCUT2D eigenvalue weighted by Gasteiger charge is 2.27. The predicted molar refractivity (Wildman–Crippen MR) is 78.3 cm³/mol. The molecule has 1 fully saturated rings. The van der Waals surface area contributed by atoms with Gasteiger partial charge in [-0.1, -0.05) is 11.3 Å². The van der Waals surface area contributed by atoms with Crippen LogP contribution in [0, 0.1) is 0 Å². The molecule has 0 unspecified atom stereocenters. The molecule has 1 aliphatic rings. The van der Waals surface area contributed by atoms with Crippen molar-refractivity contribution in [3.63, 3.8) is 0 Å². The quantitative estimate of drug-likeness (QED) is 0.895. The third kappa shape index (κ3) is 3.58. The van der Waals surface area contributed by atoms with E-state index in [1.165, 1.54) is 0 Å². The van der Waals surface area contributed by atoms with Gasteiger partial charge in [-0.25, -0.2) is 0 Å². The number of hydrogen-bond donors (Lipinski definition) is 1. The van der Waals surface area contributed by atoms with Crippen molar-refractivity contribution in [1.82, 2.24) is 10.3 Å². The molecule has 0 spiro atoms. The first-order valence-electron chi connectivity index (χ1n) is 6.58. The Balaban J connectivity index is 2.02. The van der Waals surface area contributed by atoms with Crippen LogP contribution in [0.1, 0.15) is 24.6 Å². The molecule has 1 N–H and O–H groups in total. The molecular weight excluding hydrogens is 262 g/mol. The molecule has 0 saturated carbocycles. The second-order valence-corrected chi connectivity index (χ2v) is 6.41. The Bertz CT molecular complexity index is 414. The van der Waals surface area contributed by atoms with E-state index in [0.29, 0.717) is 0 Å². The van der Waals surface area contributed by atoms with Gasteiger partial charge >= 0.3 is 0 Å². The molecular formula is C13H23N3O2S. The molecule has 0 aromatic carbocycles. The van der Waals surface area contributed by atoms with E-state index < -0.39 is 0 Å². The monoisotopic (exact) mass is 285 g/mol. The maximum absolute atomic E-state index is 5.42. The highest BCUT2D eigenvalue weighted by atomic mass is 32.1. The summed E-state index contributed by atoms with van der Waals surface area (Å²) in [5.74, 6) is 0.733. The zero-order chi connectivity index (χ0) is 13.9. The maximum atomic E-state index is 5.42. The summed E-state index contributed by atoms with van der Waals surface area (Å²) in [7, 11) is 5.67. The van der Waals surface area contributed by atoms with Gasteiger partial charge in [0.1, 0.15) is 0 Å². The van der Waals surface area contributed by atoms with Crippen molar-refractivity contribution in [2.75, 3.05) is 39.3 Å². The number of nitrogens with zero attached hydrogens (tertiary/aromatic N) is 2. The smallest absolute Gasteiger partial charge is 0.230 e. The standard InChI is InChI=1S/C13H23N3O2S/c1-13(5-7-18-8-6-13)14-9-10-11(17-4)15-12(19-10)16(2)3/h14H,5-9H2,1-4H3. The molecule has 0 bridgehead atoms. The molecule has 1 aromatic heterocycles. The van der Waals surface area contributed by atoms with E-state index in [0.717, 1.165) is 48.5 Å². The number of rotatable bonds is 5. The van der Waals surface area contributed by atoms with Crippen LogP contribution in [-0.4, -0.2) is 44.9 Å². The molecule has 6 heteroatoms. The molecule has 1 aliphatic heterocycles. The minimum Gasteiger partial charge on any atom is -0.480 e. The zero-order valence-electron chi connectivity index (χ0n) is 12.2. The lowest BCUT2D eigenvalue weighted by atomic mass is 9.92. The second-order valence-electron chi connectivity index (χ2n) is 5.35. The van der Waals surface area contributed by atoms with Crippen molar-refractivity contribution in [2.45, 2.75) is 31.8 Å². The number of hydrogen-bond acceptors (Lipinski definition) is 6. The number of thiazole rings is 1. The lowest BCUT2D eigenvalue weighted by Crippen LogP contribution is -2.46. The van der Waals surface area contributed by atoms with E-state index in [1.54, 1.807) is 18.4 Å². The van der Waals surface area contributed by atoms with Crippen molar-refractivity contribution in [3.05, 3.63) is 4.88 Å². The van der Waals surface area contributed by atoms with E-state index in [-0.39, 0.29) is 5.54 Å². The van der Waals surface area contributed by atoms with Gasteiger partial charge in [-0.2, -0.15) is 4.98 Å². The summed E-state index contributed by atoms with van der Waals surface area (Å²) in [5, 5.41) is 4.61. The summed E-state index contributed by atoms with van der Waals surface area (Å²) in [6.45, 7) is 4.74. The van der Waals surface area contributed by atoms with E-state index in [2.05, 4.69) is 17.2 Å². The van der Waals surface area contributed by atoms with Crippen LogP contribution in [0.4, 0.5) is 5.13 Å². The second kappa shape index (κ2) is 6.07. The summed E-state index contributed by atoms with van der Waals surface area (Å²) in [5.41, 5.74) is 0.158. The molecule has 5 nitrogen and oxygen atoms in total. The summed E-state index contributed by atoms with van der Waals surface area (Å²) in [6, 6.07) is 0. The molecule has 0 aliphatic carbocycles. The van der Waals surface area contributed by atoms with Gasteiger partial charge in [0.25, 0.3) is 0 Å². The number of methoxy groups -OCH3 is 1. The maximum Gasteiger partial charge on any atom is 0.230 e. The van der Waals surface area contributed by atoms with Crippen LogP contribution in [0.25, 0.3) is 0 Å². The Labute approximate surface area is 118 Å². The van der Waals surface area contributed by atoms with Crippen LogP contribution in [-0.2, 0) is 11.3 Å². The Hall–Kier alpha value is -0.850. The molecule has 1 aromatic rings. The Morgan fingerprint density at radius 2 is 2.11 bits per heavy atom. The number of aromatic nitrogens is 1. The minimum absolute atomic E-state index is 0.158. The molecule has 1 saturated heterocycles. The van der Waals surface area contributed by atoms with Crippen LogP contribution >= 0.6 is 11.3 Å². The van der Waals surface area contributed by atoms with Gasteiger partial charge in [0.15, 0.2) is 5.13 Å². The predicted octanol–water partition coefficient (Wildman–Crippen LogP) is 1.88. The normalized spacial score (nSPS) is 18.3. The van der Waals surface area contributed by atoms with Crippen LogP contribution in [0.3, 0.4) is 0 Å².